The van der Waals surface area contributed by atoms with Gasteiger partial charge in [-0.15, -0.1) is 0 Å². The Bertz CT molecular complexity index is 378. The number of hydrogen-bond acceptors (Lipinski definition) is 3. The van der Waals surface area contributed by atoms with Crippen LogP contribution in [0.15, 0.2) is 12.1 Å². The summed E-state index contributed by atoms with van der Waals surface area (Å²) < 4.78 is 0. The fraction of sp³-hybridized carbons (Fsp3) is 0.667. The summed E-state index contributed by atoms with van der Waals surface area (Å²) in [5.41, 5.74) is 2.39. The van der Waals surface area contributed by atoms with Crippen molar-refractivity contribution in [2.45, 2.75) is 53.6 Å². The molecule has 0 bridgehead atoms. The lowest BCUT2D eigenvalue weighted by Crippen LogP contribution is -2.27. The van der Waals surface area contributed by atoms with Gasteiger partial charge in [-0.05, 0) is 57.9 Å². The van der Waals surface area contributed by atoms with E-state index in [0.29, 0.717) is 5.92 Å². The van der Waals surface area contributed by atoms with E-state index in [0.717, 1.165) is 24.6 Å². The summed E-state index contributed by atoms with van der Waals surface area (Å²) in [5.74, 6) is 1.64. The summed E-state index contributed by atoms with van der Waals surface area (Å²) >= 11 is 0. The zero-order valence-electron chi connectivity index (χ0n) is 12.6. The normalized spacial score (nSPS) is 11.9. The summed E-state index contributed by atoms with van der Waals surface area (Å²) in [4.78, 5) is 4.52. The van der Waals surface area contributed by atoms with Crippen LogP contribution in [0, 0.1) is 12.8 Å². The van der Waals surface area contributed by atoms with Gasteiger partial charge in [0.15, 0.2) is 0 Å². The Kier molecular flexibility index (Phi) is 5.15. The van der Waals surface area contributed by atoms with Gasteiger partial charge in [0.25, 0.3) is 0 Å². The summed E-state index contributed by atoms with van der Waals surface area (Å²) in [5, 5.41) is 6.89. The van der Waals surface area contributed by atoms with Crippen LogP contribution in [0.4, 0.5) is 5.82 Å². The van der Waals surface area contributed by atoms with Crippen molar-refractivity contribution in [1.29, 1.82) is 0 Å². The van der Waals surface area contributed by atoms with Crippen molar-refractivity contribution in [2.75, 3.05) is 11.9 Å². The maximum Gasteiger partial charge on any atom is 0.126 e. The molecule has 0 unspecified atom stereocenters. The van der Waals surface area contributed by atoms with E-state index in [-0.39, 0.29) is 5.54 Å². The quantitative estimate of drug-likeness (QED) is 0.840. The van der Waals surface area contributed by atoms with Crippen LogP contribution < -0.4 is 10.6 Å². The van der Waals surface area contributed by atoms with Gasteiger partial charge in [-0.2, -0.15) is 0 Å². The number of anilines is 1. The number of rotatable bonds is 5. The largest absolute Gasteiger partial charge is 0.365 e. The number of nitrogens with zero attached hydrogens (tertiary/aromatic N) is 1. The van der Waals surface area contributed by atoms with Gasteiger partial charge in [0, 0.05) is 17.8 Å². The minimum atomic E-state index is 0.0451. The minimum Gasteiger partial charge on any atom is -0.365 e. The molecule has 0 amide bonds. The SMILES string of the molecule is Cc1cc(CNCC(C)C)cc(NC(C)(C)C)n1. The zero-order valence-corrected chi connectivity index (χ0v) is 12.6. The third kappa shape index (κ3) is 6.01. The fourth-order valence-corrected chi connectivity index (χ4v) is 1.80. The molecule has 102 valence electrons. The highest BCUT2D eigenvalue weighted by Crippen LogP contribution is 2.15. The first-order valence-electron chi connectivity index (χ1n) is 6.73. The molecule has 0 fully saturated rings. The third-order valence-corrected chi connectivity index (χ3v) is 2.40. The monoisotopic (exact) mass is 249 g/mol. The van der Waals surface area contributed by atoms with Gasteiger partial charge >= 0.3 is 0 Å². The molecular formula is C15H27N3. The Morgan fingerprint density at radius 2 is 1.89 bits per heavy atom. The predicted molar refractivity (Wildman–Crippen MR) is 78.9 cm³/mol. The Morgan fingerprint density at radius 3 is 2.44 bits per heavy atom. The number of aryl methyl sites for hydroxylation is 1. The van der Waals surface area contributed by atoms with E-state index in [1.807, 2.05) is 6.92 Å². The lowest BCUT2D eigenvalue weighted by molar-refractivity contribution is 0.552. The van der Waals surface area contributed by atoms with E-state index in [9.17, 15) is 0 Å². The van der Waals surface area contributed by atoms with E-state index in [2.05, 4.69) is 62.4 Å². The van der Waals surface area contributed by atoms with Crippen LogP contribution in [-0.2, 0) is 6.54 Å². The molecule has 0 aliphatic heterocycles. The zero-order chi connectivity index (χ0) is 13.8. The van der Waals surface area contributed by atoms with Crippen LogP contribution in [-0.4, -0.2) is 17.1 Å². The average Bonchev–Trinajstić information content (AvgIpc) is 2.12. The topological polar surface area (TPSA) is 37.0 Å². The highest BCUT2D eigenvalue weighted by atomic mass is 15.0. The molecule has 0 aromatic carbocycles. The van der Waals surface area contributed by atoms with Crippen LogP contribution in [0.1, 0.15) is 45.9 Å². The first-order valence-corrected chi connectivity index (χ1v) is 6.73. The molecule has 0 saturated carbocycles. The van der Waals surface area contributed by atoms with Crippen LogP contribution in [0.5, 0.6) is 0 Å². The molecule has 1 aromatic heterocycles. The van der Waals surface area contributed by atoms with Crippen molar-refractivity contribution < 1.29 is 0 Å². The molecule has 0 atom stereocenters. The standard InChI is InChI=1S/C15H27N3/c1-11(2)9-16-10-13-7-12(3)17-14(8-13)18-15(4,5)6/h7-8,11,16H,9-10H2,1-6H3,(H,17,18). The lowest BCUT2D eigenvalue weighted by Gasteiger charge is -2.22. The van der Waals surface area contributed by atoms with Crippen LogP contribution >= 0.6 is 0 Å². The van der Waals surface area contributed by atoms with Crippen LogP contribution in [0.25, 0.3) is 0 Å². The van der Waals surface area contributed by atoms with E-state index in [1.54, 1.807) is 0 Å². The predicted octanol–water partition coefficient (Wildman–Crippen LogP) is 3.35. The Labute approximate surface area is 111 Å². The summed E-state index contributed by atoms with van der Waals surface area (Å²) in [6, 6.07) is 4.27. The van der Waals surface area contributed by atoms with Crippen LogP contribution in [0.2, 0.25) is 0 Å². The molecule has 0 aliphatic carbocycles. The van der Waals surface area contributed by atoms with Crippen molar-refractivity contribution in [3.63, 3.8) is 0 Å². The number of pyridine rings is 1. The van der Waals surface area contributed by atoms with Gasteiger partial charge in [-0.1, -0.05) is 13.8 Å². The number of aromatic nitrogens is 1. The second kappa shape index (κ2) is 6.19. The second-order valence-corrected chi connectivity index (χ2v) is 6.40. The molecule has 2 N–H and O–H groups in total. The summed E-state index contributed by atoms with van der Waals surface area (Å²) in [7, 11) is 0. The first kappa shape index (κ1) is 15.0. The molecule has 18 heavy (non-hydrogen) atoms. The minimum absolute atomic E-state index is 0.0451. The fourth-order valence-electron chi connectivity index (χ4n) is 1.80. The Balaban J connectivity index is 2.69. The smallest absolute Gasteiger partial charge is 0.126 e. The second-order valence-electron chi connectivity index (χ2n) is 6.40. The number of hydrogen-bond donors (Lipinski definition) is 2. The van der Waals surface area contributed by atoms with Crippen molar-refractivity contribution >= 4 is 5.82 Å². The van der Waals surface area contributed by atoms with E-state index < -0.39 is 0 Å². The molecule has 1 rings (SSSR count). The maximum absolute atomic E-state index is 4.52. The van der Waals surface area contributed by atoms with Crippen molar-refractivity contribution in [1.82, 2.24) is 10.3 Å². The molecule has 0 radical (unpaired) electrons. The van der Waals surface area contributed by atoms with Crippen molar-refractivity contribution in [2.24, 2.45) is 5.92 Å². The van der Waals surface area contributed by atoms with Crippen LogP contribution in [0.3, 0.4) is 0 Å². The van der Waals surface area contributed by atoms with Gasteiger partial charge in [0.2, 0.25) is 0 Å². The average molecular weight is 249 g/mol. The van der Waals surface area contributed by atoms with Crippen molar-refractivity contribution in [3.05, 3.63) is 23.4 Å². The van der Waals surface area contributed by atoms with Gasteiger partial charge < -0.3 is 10.6 Å². The number of nitrogens with one attached hydrogen (secondary N) is 2. The molecule has 0 aliphatic rings. The third-order valence-electron chi connectivity index (χ3n) is 2.40. The van der Waals surface area contributed by atoms with Gasteiger partial charge in [-0.3, -0.25) is 0 Å². The molecule has 0 saturated heterocycles. The first-order chi connectivity index (χ1) is 8.26. The molecule has 3 nitrogen and oxygen atoms in total. The molecular weight excluding hydrogens is 222 g/mol. The molecule has 0 spiro atoms. The Morgan fingerprint density at radius 1 is 1.22 bits per heavy atom. The van der Waals surface area contributed by atoms with Gasteiger partial charge in [0.1, 0.15) is 5.82 Å². The molecule has 1 aromatic rings. The van der Waals surface area contributed by atoms with Crippen molar-refractivity contribution in [3.8, 4) is 0 Å². The summed E-state index contributed by atoms with van der Waals surface area (Å²) in [6.45, 7) is 14.9. The van der Waals surface area contributed by atoms with Gasteiger partial charge in [-0.25, -0.2) is 4.98 Å². The van der Waals surface area contributed by atoms with Gasteiger partial charge in [0.05, 0.1) is 0 Å². The summed E-state index contributed by atoms with van der Waals surface area (Å²) in [6.07, 6.45) is 0. The van der Waals surface area contributed by atoms with E-state index in [1.165, 1.54) is 5.56 Å². The Hall–Kier alpha value is -1.09. The molecule has 1 heterocycles. The maximum atomic E-state index is 4.52. The molecule has 3 heteroatoms. The van der Waals surface area contributed by atoms with E-state index >= 15 is 0 Å². The highest BCUT2D eigenvalue weighted by Gasteiger charge is 2.10. The lowest BCUT2D eigenvalue weighted by atomic mass is 10.1. The van der Waals surface area contributed by atoms with E-state index in [4.69, 9.17) is 0 Å². The highest BCUT2D eigenvalue weighted by molar-refractivity contribution is 5.41.